The number of aryl methyl sites for hydroxylation is 1. The van der Waals surface area contributed by atoms with Crippen LogP contribution in [-0.2, 0) is 4.79 Å². The van der Waals surface area contributed by atoms with Crippen molar-refractivity contribution in [2.24, 2.45) is 0 Å². The Balaban J connectivity index is 2.34. The van der Waals surface area contributed by atoms with E-state index in [9.17, 15) is 13.6 Å². The number of nitrogens with zero attached hydrogens (tertiary/aromatic N) is 1. The molecule has 0 aliphatic carbocycles. The predicted octanol–water partition coefficient (Wildman–Crippen LogP) is 3.79. The second kappa shape index (κ2) is 6.43. The lowest BCUT2D eigenvalue weighted by molar-refractivity contribution is -0.131. The highest BCUT2D eigenvalue weighted by molar-refractivity contribution is 5.85. The van der Waals surface area contributed by atoms with Crippen molar-refractivity contribution in [2.45, 2.75) is 20.5 Å². The highest BCUT2D eigenvalue weighted by Crippen LogP contribution is 2.24. The summed E-state index contributed by atoms with van der Waals surface area (Å²) in [6.07, 6.45) is 2.60. The maximum absolute atomic E-state index is 12.1. The molecule has 22 heavy (non-hydrogen) atoms. The maximum Gasteiger partial charge on any atom is 0.387 e. The van der Waals surface area contributed by atoms with Gasteiger partial charge in [0.15, 0.2) is 0 Å². The van der Waals surface area contributed by atoms with Crippen molar-refractivity contribution in [3.05, 3.63) is 53.4 Å². The fourth-order valence-electron chi connectivity index (χ4n) is 2.29. The van der Waals surface area contributed by atoms with Gasteiger partial charge in [-0.3, -0.25) is 0 Å². The van der Waals surface area contributed by atoms with Crippen LogP contribution in [0.2, 0.25) is 0 Å². The fraction of sp³-hybridized carbons (Fsp3) is 0.188. The van der Waals surface area contributed by atoms with E-state index < -0.39 is 12.6 Å². The summed E-state index contributed by atoms with van der Waals surface area (Å²) in [6.45, 7) is 0.890. The van der Waals surface area contributed by atoms with Crippen LogP contribution >= 0.6 is 0 Å². The largest absolute Gasteiger partial charge is 0.478 e. The topological polar surface area (TPSA) is 51.5 Å². The summed E-state index contributed by atoms with van der Waals surface area (Å²) in [4.78, 5) is 10.6. The van der Waals surface area contributed by atoms with Crippen LogP contribution in [0, 0.1) is 13.8 Å². The number of ether oxygens (including phenoxy) is 1. The van der Waals surface area contributed by atoms with E-state index in [4.69, 9.17) is 5.11 Å². The summed E-state index contributed by atoms with van der Waals surface area (Å²) in [6, 6.07) is 8.13. The molecule has 0 aliphatic rings. The van der Waals surface area contributed by atoms with Crippen molar-refractivity contribution in [3.63, 3.8) is 0 Å². The van der Waals surface area contributed by atoms with Crippen molar-refractivity contribution < 1.29 is 23.4 Å². The third-order valence-corrected chi connectivity index (χ3v) is 3.20. The SMILES string of the molecule is Cc1cc(/C=C/C(=O)O)c(C)n1-c1ccc(OC(F)F)cc1. The first-order chi connectivity index (χ1) is 10.4. The molecule has 116 valence electrons. The van der Waals surface area contributed by atoms with Crippen molar-refractivity contribution in [2.75, 3.05) is 0 Å². The van der Waals surface area contributed by atoms with Gasteiger partial charge in [-0.2, -0.15) is 8.78 Å². The molecule has 4 nitrogen and oxygen atoms in total. The lowest BCUT2D eigenvalue weighted by Crippen LogP contribution is -2.03. The van der Waals surface area contributed by atoms with Crippen LogP contribution < -0.4 is 4.74 Å². The van der Waals surface area contributed by atoms with Crippen LogP contribution in [0.5, 0.6) is 5.75 Å². The number of carbonyl (C=O) groups is 1. The van der Waals surface area contributed by atoms with Gasteiger partial charge in [0.05, 0.1) is 0 Å². The molecular weight excluding hydrogens is 292 g/mol. The summed E-state index contributed by atoms with van der Waals surface area (Å²) >= 11 is 0. The molecule has 0 spiro atoms. The minimum absolute atomic E-state index is 0.0900. The van der Waals surface area contributed by atoms with E-state index in [1.54, 1.807) is 12.1 Å². The molecule has 1 aromatic heterocycles. The average Bonchev–Trinajstić information content (AvgIpc) is 2.72. The Bertz CT molecular complexity index is 703. The molecule has 1 aromatic carbocycles. The number of carboxylic acid groups (broad SMARTS) is 1. The van der Waals surface area contributed by atoms with Crippen LogP contribution in [0.1, 0.15) is 17.0 Å². The number of rotatable bonds is 5. The molecule has 0 bridgehead atoms. The van der Waals surface area contributed by atoms with Crippen LogP contribution in [-0.4, -0.2) is 22.3 Å². The van der Waals surface area contributed by atoms with E-state index in [2.05, 4.69) is 4.74 Å². The minimum atomic E-state index is -2.85. The van der Waals surface area contributed by atoms with E-state index in [-0.39, 0.29) is 5.75 Å². The zero-order valence-corrected chi connectivity index (χ0v) is 12.1. The molecule has 0 atom stereocenters. The van der Waals surface area contributed by atoms with Gasteiger partial charge in [-0.15, -0.1) is 0 Å². The molecule has 0 unspecified atom stereocenters. The van der Waals surface area contributed by atoms with Gasteiger partial charge >= 0.3 is 12.6 Å². The normalized spacial score (nSPS) is 11.3. The van der Waals surface area contributed by atoms with E-state index in [1.807, 2.05) is 24.5 Å². The average molecular weight is 307 g/mol. The van der Waals surface area contributed by atoms with Crippen molar-refractivity contribution >= 4 is 12.0 Å². The third kappa shape index (κ3) is 3.52. The van der Waals surface area contributed by atoms with E-state index in [0.29, 0.717) is 0 Å². The molecule has 2 aromatic rings. The number of benzene rings is 1. The number of halogens is 2. The van der Waals surface area contributed by atoms with Gasteiger partial charge in [0.1, 0.15) is 5.75 Å². The standard InChI is InChI=1S/C16H15F2NO3/c1-10-9-12(3-8-15(20)21)11(2)19(10)13-4-6-14(7-5-13)22-16(17)18/h3-9,16H,1-2H3,(H,20,21)/b8-3+. The van der Waals surface area contributed by atoms with Crippen molar-refractivity contribution in [3.8, 4) is 11.4 Å². The van der Waals surface area contributed by atoms with E-state index in [1.165, 1.54) is 18.2 Å². The second-order valence-corrected chi connectivity index (χ2v) is 4.71. The first-order valence-corrected chi connectivity index (χ1v) is 6.53. The molecule has 0 radical (unpaired) electrons. The summed E-state index contributed by atoms with van der Waals surface area (Å²) in [5.41, 5.74) is 3.34. The van der Waals surface area contributed by atoms with Gasteiger partial charge in [0.25, 0.3) is 0 Å². The monoisotopic (exact) mass is 307 g/mol. The van der Waals surface area contributed by atoms with Crippen LogP contribution in [0.15, 0.2) is 36.4 Å². The summed E-state index contributed by atoms with van der Waals surface area (Å²) in [5, 5.41) is 8.69. The number of hydrogen-bond acceptors (Lipinski definition) is 2. The number of aliphatic carboxylic acids is 1. The quantitative estimate of drug-likeness (QED) is 0.855. The van der Waals surface area contributed by atoms with Crippen molar-refractivity contribution in [1.29, 1.82) is 0 Å². The molecule has 0 aliphatic heterocycles. The smallest absolute Gasteiger partial charge is 0.387 e. The third-order valence-electron chi connectivity index (χ3n) is 3.20. The lowest BCUT2D eigenvalue weighted by Gasteiger charge is -2.11. The Kier molecular flexibility index (Phi) is 4.60. The Morgan fingerprint density at radius 2 is 1.91 bits per heavy atom. The zero-order chi connectivity index (χ0) is 16.3. The maximum atomic E-state index is 12.1. The molecule has 6 heteroatoms. The lowest BCUT2D eigenvalue weighted by atomic mass is 10.2. The fourth-order valence-corrected chi connectivity index (χ4v) is 2.29. The minimum Gasteiger partial charge on any atom is -0.478 e. The Labute approximate surface area is 126 Å². The van der Waals surface area contributed by atoms with Gasteiger partial charge < -0.3 is 14.4 Å². The van der Waals surface area contributed by atoms with E-state index in [0.717, 1.165) is 28.7 Å². The molecular formula is C16H15F2NO3. The number of alkyl halides is 2. The van der Waals surface area contributed by atoms with Gasteiger partial charge in [-0.05, 0) is 55.8 Å². The molecule has 0 saturated carbocycles. The van der Waals surface area contributed by atoms with Crippen LogP contribution in [0.4, 0.5) is 8.78 Å². The first-order valence-electron chi connectivity index (χ1n) is 6.53. The Hall–Kier alpha value is -2.63. The summed E-state index contributed by atoms with van der Waals surface area (Å²) in [5.74, 6) is -0.925. The number of carboxylic acids is 1. The Morgan fingerprint density at radius 3 is 2.45 bits per heavy atom. The molecule has 1 heterocycles. The predicted molar refractivity (Wildman–Crippen MR) is 78.5 cm³/mol. The van der Waals surface area contributed by atoms with Gasteiger partial charge in [0.2, 0.25) is 0 Å². The Morgan fingerprint density at radius 1 is 1.27 bits per heavy atom. The molecule has 2 rings (SSSR count). The summed E-state index contributed by atoms with van der Waals surface area (Å²) in [7, 11) is 0. The van der Waals surface area contributed by atoms with Crippen LogP contribution in [0.25, 0.3) is 11.8 Å². The highest BCUT2D eigenvalue weighted by atomic mass is 19.3. The molecule has 0 saturated heterocycles. The molecule has 0 amide bonds. The second-order valence-electron chi connectivity index (χ2n) is 4.71. The number of hydrogen-bond donors (Lipinski definition) is 1. The van der Waals surface area contributed by atoms with Gasteiger partial charge in [-0.1, -0.05) is 0 Å². The van der Waals surface area contributed by atoms with E-state index >= 15 is 0 Å². The van der Waals surface area contributed by atoms with Crippen LogP contribution in [0.3, 0.4) is 0 Å². The van der Waals surface area contributed by atoms with Gasteiger partial charge in [-0.25, -0.2) is 4.79 Å². The number of aromatic nitrogens is 1. The first kappa shape index (κ1) is 15.8. The zero-order valence-electron chi connectivity index (χ0n) is 12.1. The van der Waals surface area contributed by atoms with Crippen molar-refractivity contribution in [1.82, 2.24) is 4.57 Å². The summed E-state index contributed by atoms with van der Waals surface area (Å²) < 4.78 is 30.5. The molecule has 1 N–H and O–H groups in total. The van der Waals surface area contributed by atoms with Gasteiger partial charge in [0, 0.05) is 23.2 Å². The highest BCUT2D eigenvalue weighted by Gasteiger charge is 2.10. The molecule has 0 fully saturated rings.